The second-order valence-electron chi connectivity index (χ2n) is 2.02. The lowest BCUT2D eigenvalue weighted by Gasteiger charge is -1.77. The molecular formula is C5H8N2. The van der Waals surface area contributed by atoms with Crippen LogP contribution in [0.3, 0.4) is 0 Å². The molecule has 1 unspecified atom stereocenters. The third-order valence-electron chi connectivity index (χ3n) is 1.33. The number of hydrogen-bond acceptors (Lipinski definition) is 2. The lowest BCUT2D eigenvalue weighted by atomic mass is 10.3. The predicted molar refractivity (Wildman–Crippen MR) is 26.3 cm³/mol. The van der Waals surface area contributed by atoms with Crippen molar-refractivity contribution in [3.63, 3.8) is 0 Å². The fraction of sp³-hybridized carbons (Fsp3) is 0.800. The molecule has 1 rings (SSSR count). The van der Waals surface area contributed by atoms with Gasteiger partial charge in [0.2, 0.25) is 0 Å². The highest BCUT2D eigenvalue weighted by Gasteiger charge is 2.32. The monoisotopic (exact) mass is 96.1 g/mol. The maximum atomic E-state index is 8.09. The summed E-state index contributed by atoms with van der Waals surface area (Å²) >= 11 is 0. The van der Waals surface area contributed by atoms with E-state index in [1.807, 2.05) is 0 Å². The molecule has 0 aliphatic heterocycles. The number of rotatable bonds is 1. The molecule has 1 aliphatic carbocycles. The number of hydrogen-bond donors (Lipinski definition) is 1. The van der Waals surface area contributed by atoms with Crippen LogP contribution >= 0.6 is 0 Å². The number of nitrogens with zero attached hydrogens (tertiary/aromatic N) is 1. The lowest BCUT2D eigenvalue weighted by Crippen LogP contribution is -2.00. The molecular weight excluding hydrogens is 88.1 g/mol. The van der Waals surface area contributed by atoms with E-state index in [0.29, 0.717) is 18.4 Å². The van der Waals surface area contributed by atoms with Crippen LogP contribution in [0.5, 0.6) is 0 Å². The fourth-order valence-electron chi connectivity index (χ4n) is 0.623. The van der Waals surface area contributed by atoms with E-state index in [-0.39, 0.29) is 0 Å². The Balaban J connectivity index is 2.12. The first-order valence-corrected chi connectivity index (χ1v) is 2.47. The summed E-state index contributed by atoms with van der Waals surface area (Å²) in [5.74, 6) is 0.532. The van der Waals surface area contributed by atoms with Crippen molar-refractivity contribution in [2.24, 2.45) is 11.7 Å². The Bertz CT molecular complexity index is 103. The topological polar surface area (TPSA) is 49.8 Å². The number of nitriles is 1. The maximum Gasteiger partial charge on any atom is 0.0625 e. The highest BCUT2D eigenvalue weighted by atomic mass is 14.7. The minimum atomic E-state index is 0.347. The largest absolute Gasteiger partial charge is 0.327 e. The minimum Gasteiger partial charge on any atom is -0.327 e. The Hall–Kier alpha value is -0.550. The highest BCUT2D eigenvalue weighted by Crippen LogP contribution is 2.30. The molecule has 0 aromatic carbocycles. The first-order valence-electron chi connectivity index (χ1n) is 2.47. The standard InChI is InChI=1S/C5H8N2/c6-2-1-4-3-5(4)7/h4-5H,1,3,7H2/t4-,5?/m1/s1. The second kappa shape index (κ2) is 1.51. The molecule has 2 nitrogen and oxygen atoms in total. The predicted octanol–water partition coefficient (Wildman–Crippen LogP) is 0.247. The Labute approximate surface area is 42.9 Å². The number of nitrogens with two attached hydrogens (primary N) is 1. The van der Waals surface area contributed by atoms with Crippen LogP contribution in [-0.2, 0) is 0 Å². The average molecular weight is 96.1 g/mol. The van der Waals surface area contributed by atoms with E-state index in [1.54, 1.807) is 0 Å². The molecule has 2 N–H and O–H groups in total. The zero-order valence-corrected chi connectivity index (χ0v) is 4.09. The quantitative estimate of drug-likeness (QED) is 0.508. The summed E-state index contributed by atoms with van der Waals surface area (Å²) in [7, 11) is 0. The van der Waals surface area contributed by atoms with Gasteiger partial charge in [0.15, 0.2) is 0 Å². The summed E-state index contributed by atoms with van der Waals surface area (Å²) in [5.41, 5.74) is 5.40. The van der Waals surface area contributed by atoms with E-state index < -0.39 is 0 Å². The van der Waals surface area contributed by atoms with Crippen molar-refractivity contribution in [1.29, 1.82) is 5.26 Å². The zero-order valence-electron chi connectivity index (χ0n) is 4.09. The lowest BCUT2D eigenvalue weighted by molar-refractivity contribution is 0.818. The van der Waals surface area contributed by atoms with Crippen LogP contribution in [0, 0.1) is 17.2 Å². The van der Waals surface area contributed by atoms with E-state index in [4.69, 9.17) is 11.0 Å². The van der Waals surface area contributed by atoms with Crippen LogP contribution in [0.15, 0.2) is 0 Å². The average Bonchev–Trinajstić information content (AvgIpc) is 2.22. The van der Waals surface area contributed by atoms with Crippen molar-refractivity contribution in [3.05, 3.63) is 0 Å². The van der Waals surface area contributed by atoms with Crippen molar-refractivity contribution < 1.29 is 0 Å². The van der Waals surface area contributed by atoms with Crippen LogP contribution in [0.4, 0.5) is 0 Å². The van der Waals surface area contributed by atoms with Crippen molar-refractivity contribution in [2.45, 2.75) is 18.9 Å². The van der Waals surface area contributed by atoms with E-state index in [0.717, 1.165) is 6.42 Å². The van der Waals surface area contributed by atoms with Gasteiger partial charge in [-0.15, -0.1) is 0 Å². The van der Waals surface area contributed by atoms with Crippen molar-refractivity contribution >= 4 is 0 Å². The first-order chi connectivity index (χ1) is 3.34. The van der Waals surface area contributed by atoms with Gasteiger partial charge in [-0.25, -0.2) is 0 Å². The molecule has 0 saturated heterocycles. The molecule has 0 aromatic heterocycles. The Morgan fingerprint density at radius 3 is 2.57 bits per heavy atom. The molecule has 7 heavy (non-hydrogen) atoms. The fourth-order valence-corrected chi connectivity index (χ4v) is 0.623. The molecule has 0 heterocycles. The van der Waals surface area contributed by atoms with E-state index in [1.165, 1.54) is 0 Å². The molecule has 2 heteroatoms. The Morgan fingerprint density at radius 2 is 2.43 bits per heavy atom. The van der Waals surface area contributed by atoms with Crippen LogP contribution in [0.2, 0.25) is 0 Å². The summed E-state index contributed by atoms with van der Waals surface area (Å²) in [4.78, 5) is 0. The molecule has 0 aromatic rings. The summed E-state index contributed by atoms with van der Waals surface area (Å²) in [6.07, 6.45) is 1.72. The first kappa shape index (κ1) is 4.61. The molecule has 2 atom stereocenters. The van der Waals surface area contributed by atoms with Gasteiger partial charge in [0.05, 0.1) is 6.07 Å². The van der Waals surface area contributed by atoms with Gasteiger partial charge < -0.3 is 5.73 Å². The third-order valence-corrected chi connectivity index (χ3v) is 1.33. The van der Waals surface area contributed by atoms with Crippen molar-refractivity contribution in [3.8, 4) is 6.07 Å². The molecule has 0 radical (unpaired) electrons. The van der Waals surface area contributed by atoms with Gasteiger partial charge in [0, 0.05) is 12.5 Å². The molecule has 0 spiro atoms. The van der Waals surface area contributed by atoms with Gasteiger partial charge in [-0.2, -0.15) is 5.26 Å². The smallest absolute Gasteiger partial charge is 0.0625 e. The normalized spacial score (nSPS) is 37.1. The van der Waals surface area contributed by atoms with E-state index >= 15 is 0 Å². The summed E-state index contributed by atoms with van der Waals surface area (Å²) in [6.45, 7) is 0. The molecule has 1 aliphatic rings. The summed E-state index contributed by atoms with van der Waals surface area (Å²) in [5, 5.41) is 8.09. The molecule has 1 saturated carbocycles. The Morgan fingerprint density at radius 1 is 1.86 bits per heavy atom. The van der Waals surface area contributed by atoms with Gasteiger partial charge in [-0.05, 0) is 12.3 Å². The minimum absolute atomic E-state index is 0.347. The molecule has 0 amide bonds. The molecule has 1 fully saturated rings. The molecule has 0 bridgehead atoms. The zero-order chi connectivity index (χ0) is 5.28. The maximum absolute atomic E-state index is 8.09. The van der Waals surface area contributed by atoms with Gasteiger partial charge >= 0.3 is 0 Å². The van der Waals surface area contributed by atoms with Crippen LogP contribution in [-0.4, -0.2) is 6.04 Å². The van der Waals surface area contributed by atoms with E-state index in [9.17, 15) is 0 Å². The highest BCUT2D eigenvalue weighted by molar-refractivity contribution is 4.95. The van der Waals surface area contributed by atoms with Gasteiger partial charge in [0.1, 0.15) is 0 Å². The van der Waals surface area contributed by atoms with Crippen LogP contribution in [0.25, 0.3) is 0 Å². The SMILES string of the molecule is N#CC[C@@H]1CC1N. The van der Waals surface area contributed by atoms with Crippen LogP contribution in [0.1, 0.15) is 12.8 Å². The van der Waals surface area contributed by atoms with Gasteiger partial charge in [-0.3, -0.25) is 0 Å². The summed E-state index contributed by atoms with van der Waals surface area (Å²) in [6, 6.07) is 2.43. The van der Waals surface area contributed by atoms with E-state index in [2.05, 4.69) is 6.07 Å². The second-order valence-corrected chi connectivity index (χ2v) is 2.02. The molecule has 38 valence electrons. The third kappa shape index (κ3) is 0.908. The van der Waals surface area contributed by atoms with Crippen molar-refractivity contribution in [2.75, 3.05) is 0 Å². The Kier molecular flexibility index (Phi) is 0.994. The van der Waals surface area contributed by atoms with Gasteiger partial charge in [-0.1, -0.05) is 0 Å². The van der Waals surface area contributed by atoms with Crippen LogP contribution < -0.4 is 5.73 Å². The van der Waals surface area contributed by atoms with Gasteiger partial charge in [0.25, 0.3) is 0 Å². The summed E-state index contributed by atoms with van der Waals surface area (Å²) < 4.78 is 0. The van der Waals surface area contributed by atoms with Crippen molar-refractivity contribution in [1.82, 2.24) is 0 Å².